The van der Waals surface area contributed by atoms with Crippen LogP contribution in [0.1, 0.15) is 63.7 Å². The number of carboxylic acids is 1. The van der Waals surface area contributed by atoms with E-state index < -0.39 is 41.8 Å². The number of likely N-dealkylation sites (tertiary alicyclic amines) is 1. The van der Waals surface area contributed by atoms with Gasteiger partial charge in [-0.3, -0.25) is 19.4 Å². The Kier molecular flexibility index (Phi) is 12.0. The number of carbonyl (C=O) groups is 4. The number of unbranched alkanes of at least 4 members (excludes halogenated alkanes) is 1. The summed E-state index contributed by atoms with van der Waals surface area (Å²) in [6.45, 7) is 8.03. The predicted octanol–water partition coefficient (Wildman–Crippen LogP) is 1.64. The summed E-state index contributed by atoms with van der Waals surface area (Å²) >= 11 is 0. The maximum atomic E-state index is 13.9. The fraction of sp³-hybridized carbons (Fsp3) is 0.536. The Labute approximate surface area is 230 Å². The van der Waals surface area contributed by atoms with Crippen LogP contribution in [-0.2, 0) is 14.4 Å². The molecule has 2 rings (SSSR count). The number of guanidine groups is 1. The zero-order valence-electron chi connectivity index (χ0n) is 23.2. The number of hydrogen-bond donors (Lipinski definition) is 5. The second-order valence-corrected chi connectivity index (χ2v) is 10.3. The van der Waals surface area contributed by atoms with Gasteiger partial charge < -0.3 is 32.1 Å². The molecule has 11 heteroatoms. The van der Waals surface area contributed by atoms with Crippen LogP contribution in [0.3, 0.4) is 0 Å². The lowest BCUT2D eigenvalue weighted by Gasteiger charge is -2.30. The van der Waals surface area contributed by atoms with Crippen LogP contribution in [0.15, 0.2) is 47.0 Å². The number of nitrogens with zero attached hydrogens (tertiary/aromatic N) is 2. The molecule has 4 atom stereocenters. The second kappa shape index (κ2) is 14.9. The first kappa shape index (κ1) is 31.3. The minimum atomic E-state index is -1.12. The third-order valence-electron chi connectivity index (χ3n) is 6.83. The van der Waals surface area contributed by atoms with Gasteiger partial charge in [0.1, 0.15) is 18.1 Å². The van der Waals surface area contributed by atoms with E-state index in [1.807, 2.05) is 33.8 Å². The van der Waals surface area contributed by atoms with Gasteiger partial charge in [-0.15, -0.1) is 0 Å². The lowest BCUT2D eigenvalue weighted by molar-refractivity contribution is -0.145. The molecule has 0 unspecified atom stereocenters. The topological polar surface area (TPSA) is 180 Å². The summed E-state index contributed by atoms with van der Waals surface area (Å²) in [6, 6.07) is 5.69. The number of nitrogens with one attached hydrogen (secondary N) is 2. The van der Waals surface area contributed by atoms with Crippen molar-refractivity contribution in [2.24, 2.45) is 28.3 Å². The molecule has 1 aliphatic heterocycles. The molecule has 7 N–H and O–H groups in total. The number of allylic oxidation sites excluding steroid dienone is 1. The molecule has 1 fully saturated rings. The van der Waals surface area contributed by atoms with Crippen molar-refractivity contribution in [1.82, 2.24) is 15.5 Å². The first-order valence-corrected chi connectivity index (χ1v) is 13.4. The van der Waals surface area contributed by atoms with Gasteiger partial charge in [0.25, 0.3) is 5.91 Å². The molecule has 0 radical (unpaired) electrons. The highest BCUT2D eigenvalue weighted by Gasteiger charge is 2.44. The summed E-state index contributed by atoms with van der Waals surface area (Å²) in [7, 11) is 0. The number of amides is 3. The molecule has 0 aliphatic carbocycles. The molecule has 0 aromatic heterocycles. The zero-order chi connectivity index (χ0) is 29.1. The van der Waals surface area contributed by atoms with Crippen LogP contribution in [-0.4, -0.2) is 70.9 Å². The molecule has 0 spiro atoms. The smallest absolute Gasteiger partial charge is 0.326 e. The van der Waals surface area contributed by atoms with Gasteiger partial charge in [0, 0.05) is 24.6 Å². The summed E-state index contributed by atoms with van der Waals surface area (Å²) in [5.74, 6) is -2.74. The van der Waals surface area contributed by atoms with E-state index in [-0.39, 0.29) is 30.8 Å². The van der Waals surface area contributed by atoms with Crippen LogP contribution >= 0.6 is 0 Å². The van der Waals surface area contributed by atoms with Gasteiger partial charge in [-0.2, -0.15) is 0 Å². The number of hydrogen-bond acceptors (Lipinski definition) is 5. The largest absolute Gasteiger partial charge is 0.480 e. The van der Waals surface area contributed by atoms with Crippen molar-refractivity contribution in [2.75, 3.05) is 13.1 Å². The molecule has 0 saturated carbocycles. The van der Waals surface area contributed by atoms with Gasteiger partial charge in [0.15, 0.2) is 5.96 Å². The normalized spacial score (nSPS) is 19.4. The lowest BCUT2D eigenvalue weighted by Crippen LogP contribution is -2.56. The Morgan fingerprint density at radius 2 is 1.77 bits per heavy atom. The van der Waals surface area contributed by atoms with Crippen molar-refractivity contribution in [3.8, 4) is 0 Å². The lowest BCUT2D eigenvalue weighted by atomic mass is 9.96. The Bertz CT molecular complexity index is 1070. The fourth-order valence-corrected chi connectivity index (χ4v) is 4.76. The van der Waals surface area contributed by atoms with Crippen molar-refractivity contribution >= 4 is 29.7 Å². The third kappa shape index (κ3) is 9.12. The number of carboxylic acid groups (broad SMARTS) is 1. The van der Waals surface area contributed by atoms with Crippen LogP contribution in [0.25, 0.3) is 0 Å². The molecule has 3 amide bonds. The highest BCUT2D eigenvalue weighted by Crippen LogP contribution is 2.30. The van der Waals surface area contributed by atoms with Gasteiger partial charge in [-0.25, -0.2) is 4.79 Å². The first-order chi connectivity index (χ1) is 18.5. The summed E-state index contributed by atoms with van der Waals surface area (Å²) in [5.41, 5.74) is 12.1. The van der Waals surface area contributed by atoms with Crippen molar-refractivity contribution in [3.63, 3.8) is 0 Å². The average Bonchev–Trinajstić information content (AvgIpc) is 3.23. The zero-order valence-corrected chi connectivity index (χ0v) is 23.2. The minimum absolute atomic E-state index is 0.0177. The number of rotatable bonds is 13. The van der Waals surface area contributed by atoms with Crippen LogP contribution < -0.4 is 22.1 Å². The third-order valence-corrected chi connectivity index (χ3v) is 6.83. The summed E-state index contributed by atoms with van der Waals surface area (Å²) in [6.07, 6.45) is 3.59. The van der Waals surface area contributed by atoms with Gasteiger partial charge in [-0.1, -0.05) is 45.0 Å². The van der Waals surface area contributed by atoms with Crippen LogP contribution in [0.2, 0.25) is 0 Å². The number of nitrogens with two attached hydrogens (primary N) is 2. The number of benzene rings is 1. The highest BCUT2D eigenvalue weighted by atomic mass is 16.4. The molecular weight excluding hydrogens is 500 g/mol. The highest BCUT2D eigenvalue weighted by molar-refractivity contribution is 5.99. The van der Waals surface area contributed by atoms with Gasteiger partial charge in [0.05, 0.1) is 0 Å². The van der Waals surface area contributed by atoms with Crippen molar-refractivity contribution in [1.29, 1.82) is 0 Å². The van der Waals surface area contributed by atoms with E-state index in [1.165, 1.54) is 4.90 Å². The van der Waals surface area contributed by atoms with Crippen LogP contribution in [0.5, 0.6) is 0 Å². The standard InChI is InChI=1S/C28H42N6O5/c1-5-19-16-34(23(18(19)4)25(36)33-22(27(38)39)15-17(2)3)26(37)21(13-9-10-14-31-28(29)30)32-24(35)20-11-7-6-8-12-20/h5-8,11-12,17-18,21-23H,9-10,13-16H2,1-4H3,(H,32,35)(H,33,36)(H,38,39)(H4,29,30,31)/b19-5-/t18-,21+,22+,23+/m1/s1. The van der Waals surface area contributed by atoms with E-state index >= 15 is 0 Å². The van der Waals surface area contributed by atoms with Crippen molar-refractivity contribution in [3.05, 3.63) is 47.5 Å². The first-order valence-electron chi connectivity index (χ1n) is 13.4. The van der Waals surface area contributed by atoms with E-state index in [4.69, 9.17) is 11.5 Å². The van der Waals surface area contributed by atoms with E-state index in [1.54, 1.807) is 30.3 Å². The second-order valence-electron chi connectivity index (χ2n) is 10.3. The summed E-state index contributed by atoms with van der Waals surface area (Å²) in [4.78, 5) is 57.6. The Balaban J connectivity index is 2.30. The van der Waals surface area contributed by atoms with Crippen LogP contribution in [0.4, 0.5) is 0 Å². The molecule has 1 aromatic carbocycles. The molecule has 1 aliphatic rings. The predicted molar refractivity (Wildman–Crippen MR) is 150 cm³/mol. The summed E-state index contributed by atoms with van der Waals surface area (Å²) in [5, 5.41) is 15.1. The van der Waals surface area contributed by atoms with Crippen molar-refractivity contribution in [2.45, 2.75) is 71.5 Å². The number of aliphatic imine (C=N–C) groups is 1. The monoisotopic (exact) mass is 542 g/mol. The Hall–Kier alpha value is -3.89. The molecule has 1 heterocycles. The van der Waals surface area contributed by atoms with E-state index in [9.17, 15) is 24.3 Å². The Morgan fingerprint density at radius 1 is 1.10 bits per heavy atom. The number of aliphatic carboxylic acids is 1. The molecule has 0 bridgehead atoms. The SMILES string of the molecule is C/C=C1/CN(C(=O)[C@H](CCCCN=C(N)N)NC(=O)c2ccccc2)[C@H](C(=O)N[C@@H](CC(C)C)C(=O)O)[C@@H]1C. The van der Waals surface area contributed by atoms with E-state index in [0.717, 1.165) is 5.57 Å². The maximum absolute atomic E-state index is 13.9. The molecule has 214 valence electrons. The van der Waals surface area contributed by atoms with Crippen molar-refractivity contribution < 1.29 is 24.3 Å². The maximum Gasteiger partial charge on any atom is 0.326 e. The van der Waals surface area contributed by atoms with Crippen LogP contribution in [0, 0.1) is 11.8 Å². The van der Waals surface area contributed by atoms with Gasteiger partial charge in [-0.05, 0) is 56.2 Å². The van der Waals surface area contributed by atoms with E-state index in [2.05, 4.69) is 15.6 Å². The van der Waals surface area contributed by atoms with Gasteiger partial charge in [0.2, 0.25) is 11.8 Å². The van der Waals surface area contributed by atoms with Gasteiger partial charge >= 0.3 is 5.97 Å². The molecular formula is C28H42N6O5. The minimum Gasteiger partial charge on any atom is -0.480 e. The summed E-state index contributed by atoms with van der Waals surface area (Å²) < 4.78 is 0. The van der Waals surface area contributed by atoms with E-state index in [0.29, 0.717) is 31.4 Å². The average molecular weight is 543 g/mol. The molecule has 11 nitrogen and oxygen atoms in total. The molecule has 1 aromatic rings. The molecule has 39 heavy (non-hydrogen) atoms. The number of carbonyl (C=O) groups excluding carboxylic acids is 3. The Morgan fingerprint density at radius 3 is 2.33 bits per heavy atom. The molecule has 1 saturated heterocycles. The fourth-order valence-electron chi connectivity index (χ4n) is 4.76. The quantitative estimate of drug-likeness (QED) is 0.109.